The quantitative estimate of drug-likeness (QED) is 0.577. The molecule has 1 amide bonds. The van der Waals surface area contributed by atoms with Crippen molar-refractivity contribution in [2.75, 3.05) is 25.3 Å². The molecule has 0 radical (unpaired) electrons. The van der Waals surface area contributed by atoms with Gasteiger partial charge < -0.3 is 14.8 Å². The van der Waals surface area contributed by atoms with Crippen molar-refractivity contribution in [3.8, 4) is 5.75 Å². The van der Waals surface area contributed by atoms with Gasteiger partial charge >= 0.3 is 5.97 Å². The van der Waals surface area contributed by atoms with E-state index < -0.39 is 11.9 Å². The van der Waals surface area contributed by atoms with Crippen molar-refractivity contribution >= 4 is 45.3 Å². The number of thioether (sulfide) groups is 1. The summed E-state index contributed by atoms with van der Waals surface area (Å²) in [6, 6.07) is 12.4. The Morgan fingerprint density at radius 1 is 1.21 bits per heavy atom. The van der Waals surface area contributed by atoms with Gasteiger partial charge in [-0.3, -0.25) is 4.79 Å². The summed E-state index contributed by atoms with van der Waals surface area (Å²) in [5, 5.41) is 2.73. The van der Waals surface area contributed by atoms with E-state index in [0.29, 0.717) is 21.5 Å². The average Bonchev–Trinajstić information content (AvgIpc) is 2.60. The number of esters is 1. The van der Waals surface area contributed by atoms with Crippen LogP contribution in [0, 0.1) is 0 Å². The lowest BCUT2D eigenvalue weighted by molar-refractivity contribution is -0.119. The molecule has 0 aliphatic carbocycles. The number of para-hydroxylation sites is 1. The number of carbonyl (C=O) groups excluding carboxylic acids is 2. The molecule has 0 saturated heterocycles. The predicted molar refractivity (Wildman–Crippen MR) is 97.8 cm³/mol. The number of carbonyl (C=O) groups is 2. The van der Waals surface area contributed by atoms with Gasteiger partial charge in [-0.15, -0.1) is 11.8 Å². The van der Waals surface area contributed by atoms with Gasteiger partial charge in [-0.1, -0.05) is 12.1 Å². The van der Waals surface area contributed by atoms with Gasteiger partial charge in [-0.05, 0) is 52.5 Å². The number of anilines is 1. The van der Waals surface area contributed by atoms with E-state index in [1.54, 1.807) is 24.3 Å². The first kappa shape index (κ1) is 18.4. The predicted octanol–water partition coefficient (Wildman–Crippen LogP) is 3.98. The molecule has 1 N–H and O–H groups in total. The zero-order valence-electron chi connectivity index (χ0n) is 13.2. The van der Waals surface area contributed by atoms with Crippen LogP contribution in [0.15, 0.2) is 51.8 Å². The van der Waals surface area contributed by atoms with E-state index in [2.05, 4.69) is 21.2 Å². The lowest BCUT2D eigenvalue weighted by Gasteiger charge is -2.10. The minimum atomic E-state index is -0.603. The summed E-state index contributed by atoms with van der Waals surface area (Å²) >= 11 is 4.80. The Hall–Kier alpha value is -1.99. The Balaban J connectivity index is 1.97. The van der Waals surface area contributed by atoms with Crippen molar-refractivity contribution in [3.05, 3.63) is 52.5 Å². The van der Waals surface area contributed by atoms with E-state index >= 15 is 0 Å². The first-order valence-electron chi connectivity index (χ1n) is 6.98. The second-order valence-corrected chi connectivity index (χ2v) is 6.37. The summed E-state index contributed by atoms with van der Waals surface area (Å²) in [6.45, 7) is -0.370. The van der Waals surface area contributed by atoms with Crippen LogP contribution in [0.2, 0.25) is 0 Å². The lowest BCUT2D eigenvalue weighted by atomic mass is 10.2. The fraction of sp³-hybridized carbons (Fsp3) is 0.176. The summed E-state index contributed by atoms with van der Waals surface area (Å²) < 4.78 is 10.7. The number of benzene rings is 2. The second-order valence-electron chi connectivity index (χ2n) is 4.67. The molecular formula is C17H16BrNO4S. The van der Waals surface area contributed by atoms with Crippen LogP contribution in [0.3, 0.4) is 0 Å². The van der Waals surface area contributed by atoms with Crippen LogP contribution in [0.4, 0.5) is 5.69 Å². The molecule has 2 aromatic carbocycles. The largest absolute Gasteiger partial charge is 0.497 e. The number of amides is 1. The first-order chi connectivity index (χ1) is 11.5. The summed E-state index contributed by atoms with van der Waals surface area (Å²) in [5.41, 5.74) is 0.986. The molecule has 0 aliphatic heterocycles. The highest BCUT2D eigenvalue weighted by Crippen LogP contribution is 2.25. The molecule has 0 aromatic heterocycles. The van der Waals surface area contributed by atoms with E-state index in [-0.39, 0.29) is 6.61 Å². The van der Waals surface area contributed by atoms with Gasteiger partial charge in [0, 0.05) is 9.37 Å². The van der Waals surface area contributed by atoms with Crippen molar-refractivity contribution < 1.29 is 19.1 Å². The molecule has 0 bridgehead atoms. The Morgan fingerprint density at radius 2 is 1.96 bits per heavy atom. The normalized spacial score (nSPS) is 10.1. The van der Waals surface area contributed by atoms with Gasteiger partial charge in [-0.2, -0.15) is 0 Å². The second kappa shape index (κ2) is 8.75. The first-order valence-corrected chi connectivity index (χ1v) is 9.00. The Kier molecular flexibility index (Phi) is 6.69. The average molecular weight is 410 g/mol. The third-order valence-corrected chi connectivity index (χ3v) is 4.60. The SMILES string of the molecule is COc1ccc(Br)c(C(=O)OCC(=O)Nc2ccccc2SC)c1. The molecule has 2 rings (SSSR count). The molecule has 126 valence electrons. The number of rotatable bonds is 6. The molecule has 0 spiro atoms. The molecule has 0 fully saturated rings. The molecule has 0 unspecified atom stereocenters. The Bertz CT molecular complexity index is 751. The van der Waals surface area contributed by atoms with E-state index in [4.69, 9.17) is 9.47 Å². The van der Waals surface area contributed by atoms with E-state index in [0.717, 1.165) is 4.90 Å². The number of hydrogen-bond acceptors (Lipinski definition) is 5. The molecule has 0 heterocycles. The number of ether oxygens (including phenoxy) is 2. The van der Waals surface area contributed by atoms with Crippen molar-refractivity contribution in [3.63, 3.8) is 0 Å². The fourth-order valence-electron chi connectivity index (χ4n) is 1.93. The number of nitrogens with one attached hydrogen (secondary N) is 1. The van der Waals surface area contributed by atoms with Crippen LogP contribution >= 0.6 is 27.7 Å². The van der Waals surface area contributed by atoms with E-state index in [1.165, 1.54) is 18.9 Å². The molecular weight excluding hydrogens is 394 g/mol. The fourth-order valence-corrected chi connectivity index (χ4v) is 2.89. The Labute approximate surface area is 152 Å². The standard InChI is InChI=1S/C17H16BrNO4S/c1-22-11-7-8-13(18)12(9-11)17(21)23-10-16(20)19-14-5-3-4-6-15(14)24-2/h3-9H,10H2,1-2H3,(H,19,20). The third kappa shape index (κ3) is 4.75. The maximum atomic E-state index is 12.1. The van der Waals surface area contributed by atoms with Gasteiger partial charge in [-0.25, -0.2) is 4.79 Å². The maximum absolute atomic E-state index is 12.1. The summed E-state index contributed by atoms with van der Waals surface area (Å²) in [7, 11) is 1.51. The van der Waals surface area contributed by atoms with Crippen LogP contribution in [0.1, 0.15) is 10.4 Å². The summed E-state index contributed by atoms with van der Waals surface area (Å²) in [5.74, 6) is -0.471. The minimum absolute atomic E-state index is 0.298. The van der Waals surface area contributed by atoms with Crippen LogP contribution < -0.4 is 10.1 Å². The number of methoxy groups -OCH3 is 1. The minimum Gasteiger partial charge on any atom is -0.497 e. The van der Waals surface area contributed by atoms with Crippen LogP contribution in [0.25, 0.3) is 0 Å². The van der Waals surface area contributed by atoms with Crippen LogP contribution in [0.5, 0.6) is 5.75 Å². The van der Waals surface area contributed by atoms with Gasteiger partial charge in [0.1, 0.15) is 5.75 Å². The zero-order valence-corrected chi connectivity index (χ0v) is 15.6. The molecule has 7 heteroatoms. The van der Waals surface area contributed by atoms with Crippen LogP contribution in [-0.2, 0) is 9.53 Å². The monoisotopic (exact) mass is 409 g/mol. The highest BCUT2D eigenvalue weighted by atomic mass is 79.9. The highest BCUT2D eigenvalue weighted by molar-refractivity contribution is 9.10. The molecule has 24 heavy (non-hydrogen) atoms. The molecule has 5 nitrogen and oxygen atoms in total. The van der Waals surface area contributed by atoms with Gasteiger partial charge in [0.15, 0.2) is 6.61 Å². The lowest BCUT2D eigenvalue weighted by Crippen LogP contribution is -2.21. The van der Waals surface area contributed by atoms with E-state index in [9.17, 15) is 9.59 Å². The maximum Gasteiger partial charge on any atom is 0.339 e. The highest BCUT2D eigenvalue weighted by Gasteiger charge is 2.15. The zero-order chi connectivity index (χ0) is 17.5. The van der Waals surface area contributed by atoms with Gasteiger partial charge in [0.05, 0.1) is 18.4 Å². The number of hydrogen-bond donors (Lipinski definition) is 1. The van der Waals surface area contributed by atoms with Crippen molar-refractivity contribution in [1.82, 2.24) is 0 Å². The summed E-state index contributed by atoms with van der Waals surface area (Å²) in [4.78, 5) is 25.0. The molecule has 0 saturated carbocycles. The van der Waals surface area contributed by atoms with Crippen molar-refractivity contribution in [2.24, 2.45) is 0 Å². The Morgan fingerprint density at radius 3 is 2.67 bits per heavy atom. The van der Waals surface area contributed by atoms with Crippen LogP contribution in [-0.4, -0.2) is 31.8 Å². The van der Waals surface area contributed by atoms with Crippen molar-refractivity contribution in [1.29, 1.82) is 0 Å². The molecule has 0 aliphatic rings. The van der Waals surface area contributed by atoms with Gasteiger partial charge in [0.2, 0.25) is 0 Å². The van der Waals surface area contributed by atoms with Gasteiger partial charge in [0.25, 0.3) is 5.91 Å². The smallest absolute Gasteiger partial charge is 0.339 e. The van der Waals surface area contributed by atoms with E-state index in [1.807, 2.05) is 24.5 Å². The number of halogens is 1. The topological polar surface area (TPSA) is 64.6 Å². The molecule has 0 atom stereocenters. The molecule has 2 aromatic rings. The van der Waals surface area contributed by atoms with Crippen molar-refractivity contribution in [2.45, 2.75) is 4.90 Å². The third-order valence-electron chi connectivity index (χ3n) is 3.11. The summed E-state index contributed by atoms with van der Waals surface area (Å²) in [6.07, 6.45) is 1.92.